The summed E-state index contributed by atoms with van der Waals surface area (Å²) < 4.78 is 13.4. The molecule has 0 radical (unpaired) electrons. The van der Waals surface area contributed by atoms with Gasteiger partial charge in [-0.2, -0.15) is 5.26 Å². The number of anilines is 3. The number of hydrogen-bond acceptors (Lipinski definition) is 10. The third-order valence-electron chi connectivity index (χ3n) is 9.02. The lowest BCUT2D eigenvalue weighted by Gasteiger charge is -2.36. The predicted octanol–water partition coefficient (Wildman–Crippen LogP) is 5.85. The van der Waals surface area contributed by atoms with Crippen molar-refractivity contribution in [3.63, 3.8) is 0 Å². The van der Waals surface area contributed by atoms with Gasteiger partial charge in [-0.1, -0.05) is 19.4 Å². The molecule has 2 amide bonds. The maximum atomic E-state index is 12.5. The number of amides is 2. The van der Waals surface area contributed by atoms with Crippen molar-refractivity contribution in [2.24, 2.45) is 0 Å². The Morgan fingerprint density at radius 2 is 1.81 bits per heavy atom. The number of imidazole rings is 1. The molecule has 0 aliphatic carbocycles. The fourth-order valence-electron chi connectivity index (χ4n) is 6.42. The van der Waals surface area contributed by atoms with Crippen molar-refractivity contribution in [3.8, 4) is 6.07 Å². The molecule has 1 fully saturated rings. The number of unbranched alkanes of at least 4 members (excludes halogenated alkanes) is 2. The molecular formula is C39H53N9O4. The lowest BCUT2D eigenvalue weighted by atomic mass is 10.1. The number of pyridine rings is 1. The van der Waals surface area contributed by atoms with Crippen LogP contribution in [0.3, 0.4) is 0 Å². The number of piperazine rings is 1. The van der Waals surface area contributed by atoms with Gasteiger partial charge in [-0.15, -0.1) is 0 Å². The minimum absolute atomic E-state index is 0.234. The molecule has 13 nitrogen and oxygen atoms in total. The van der Waals surface area contributed by atoms with E-state index < -0.39 is 5.60 Å². The Balaban J connectivity index is 1.20. The van der Waals surface area contributed by atoms with Gasteiger partial charge in [0.25, 0.3) is 0 Å². The Bertz CT molecular complexity index is 1870. The Kier molecular flexibility index (Phi) is 13.3. The van der Waals surface area contributed by atoms with Crippen LogP contribution in [-0.4, -0.2) is 89.5 Å². The highest BCUT2D eigenvalue weighted by atomic mass is 16.6. The number of aryl methyl sites for hydroxylation is 2. The number of nitrogens with zero attached hydrogens (tertiary/aromatic N) is 6. The highest BCUT2D eigenvalue weighted by molar-refractivity contribution is 6.07. The fraction of sp³-hybridized carbons (Fsp3) is 0.513. The standard InChI is InChI=1S/C39H53N9O4/c1-5-6-12-33-45-35-36(48(33)17-8-7-16-42-38(50)43-29-11-9-10-28(25-29)27-40)31-26-30(13-14-32(31)44-37(35)41)47-20-18-46(19-21-47)22-24-51-23-15-34(49)52-39(2,3)4/h9-11,13-14,25-26H,5-8,12,15-24H2,1-4H3,(H2,41,44)(H2,42,43,50). The first-order valence-corrected chi connectivity index (χ1v) is 18.4. The average molecular weight is 712 g/mol. The number of nitrogens with one attached hydrogen (secondary N) is 2. The largest absolute Gasteiger partial charge is 0.460 e. The minimum Gasteiger partial charge on any atom is -0.460 e. The van der Waals surface area contributed by atoms with E-state index in [-0.39, 0.29) is 18.4 Å². The number of benzene rings is 2. The lowest BCUT2D eigenvalue weighted by molar-refractivity contribution is -0.156. The van der Waals surface area contributed by atoms with Crippen LogP contribution in [0.25, 0.3) is 21.9 Å². The summed E-state index contributed by atoms with van der Waals surface area (Å²) in [6.45, 7) is 14.4. The van der Waals surface area contributed by atoms with E-state index in [1.165, 1.54) is 0 Å². The smallest absolute Gasteiger partial charge is 0.319 e. The number of rotatable bonds is 16. The van der Waals surface area contributed by atoms with Crippen molar-refractivity contribution >= 4 is 51.1 Å². The van der Waals surface area contributed by atoms with Crippen LogP contribution in [0.2, 0.25) is 0 Å². The van der Waals surface area contributed by atoms with Gasteiger partial charge in [0.2, 0.25) is 0 Å². The van der Waals surface area contributed by atoms with Crippen LogP contribution in [-0.2, 0) is 27.2 Å². The molecule has 4 N–H and O–H groups in total. The van der Waals surface area contributed by atoms with Gasteiger partial charge < -0.3 is 35.3 Å². The van der Waals surface area contributed by atoms with Gasteiger partial charge in [-0.05, 0) is 76.4 Å². The van der Waals surface area contributed by atoms with Gasteiger partial charge in [0, 0.05) is 69.0 Å². The molecule has 52 heavy (non-hydrogen) atoms. The van der Waals surface area contributed by atoms with Crippen LogP contribution >= 0.6 is 0 Å². The fourth-order valence-corrected chi connectivity index (χ4v) is 6.42. The highest BCUT2D eigenvalue weighted by Crippen LogP contribution is 2.32. The third-order valence-corrected chi connectivity index (χ3v) is 9.02. The average Bonchev–Trinajstić information content (AvgIpc) is 3.49. The number of carbonyl (C=O) groups excluding carboxylic acids is 2. The summed E-state index contributed by atoms with van der Waals surface area (Å²) in [6.07, 6.45) is 4.81. The van der Waals surface area contributed by atoms with E-state index in [0.717, 1.165) is 105 Å². The Morgan fingerprint density at radius 3 is 2.56 bits per heavy atom. The van der Waals surface area contributed by atoms with E-state index >= 15 is 0 Å². The molecule has 0 bridgehead atoms. The molecule has 1 saturated heterocycles. The van der Waals surface area contributed by atoms with Crippen molar-refractivity contribution in [2.45, 2.75) is 78.4 Å². The number of nitrogen functional groups attached to an aromatic ring is 1. The second kappa shape index (κ2) is 18.0. The molecule has 0 unspecified atom stereocenters. The maximum absolute atomic E-state index is 12.5. The van der Waals surface area contributed by atoms with Crippen LogP contribution in [0, 0.1) is 11.3 Å². The molecule has 0 spiro atoms. The molecule has 4 aromatic rings. The Hall–Kier alpha value is -4.93. The number of esters is 1. The summed E-state index contributed by atoms with van der Waals surface area (Å²) in [4.78, 5) is 39.0. The summed E-state index contributed by atoms with van der Waals surface area (Å²) in [6, 6.07) is 15.1. The van der Waals surface area contributed by atoms with Crippen LogP contribution in [0.1, 0.15) is 71.2 Å². The summed E-state index contributed by atoms with van der Waals surface area (Å²) in [7, 11) is 0. The molecular weight excluding hydrogens is 658 g/mol. The highest BCUT2D eigenvalue weighted by Gasteiger charge is 2.21. The number of nitriles is 1. The number of urea groups is 1. The van der Waals surface area contributed by atoms with E-state index in [9.17, 15) is 9.59 Å². The van der Waals surface area contributed by atoms with Crippen LogP contribution in [0.5, 0.6) is 0 Å². The number of carbonyl (C=O) groups is 2. The van der Waals surface area contributed by atoms with E-state index in [4.69, 9.17) is 30.4 Å². The van der Waals surface area contributed by atoms with Crippen LogP contribution in [0.4, 0.5) is 22.0 Å². The minimum atomic E-state index is -0.480. The number of hydrogen-bond donors (Lipinski definition) is 3. The SMILES string of the molecule is CCCCc1nc2c(N)nc3ccc(N4CCN(CCOCCC(=O)OC(C)(C)C)CC4)cc3c2n1CCCCNC(=O)Nc1cccc(C#N)c1. The third kappa shape index (κ3) is 10.6. The zero-order chi connectivity index (χ0) is 37.1. The summed E-state index contributed by atoms with van der Waals surface area (Å²) in [5.41, 5.74) is 10.9. The normalized spacial score (nSPS) is 13.7. The molecule has 1 aliphatic heterocycles. The first-order chi connectivity index (χ1) is 25.0. The van der Waals surface area contributed by atoms with Crippen molar-refractivity contribution < 1.29 is 19.1 Å². The van der Waals surface area contributed by atoms with E-state index in [2.05, 4.69) is 56.2 Å². The molecule has 13 heteroatoms. The molecule has 0 atom stereocenters. The van der Waals surface area contributed by atoms with Crippen LogP contribution < -0.4 is 21.3 Å². The molecule has 0 saturated carbocycles. The molecule has 2 aromatic carbocycles. The predicted molar refractivity (Wildman–Crippen MR) is 205 cm³/mol. The van der Waals surface area contributed by atoms with Gasteiger partial charge in [-0.3, -0.25) is 9.69 Å². The Morgan fingerprint density at radius 1 is 1.00 bits per heavy atom. The zero-order valence-corrected chi connectivity index (χ0v) is 31.0. The zero-order valence-electron chi connectivity index (χ0n) is 31.0. The number of fused-ring (bicyclic) bond motifs is 3. The summed E-state index contributed by atoms with van der Waals surface area (Å²) in [5.74, 6) is 1.21. The monoisotopic (exact) mass is 711 g/mol. The van der Waals surface area contributed by atoms with Gasteiger partial charge in [-0.25, -0.2) is 14.8 Å². The van der Waals surface area contributed by atoms with Gasteiger partial charge in [0.15, 0.2) is 5.82 Å². The second-order valence-corrected chi connectivity index (χ2v) is 14.2. The molecule has 5 rings (SSSR count). The first-order valence-electron chi connectivity index (χ1n) is 18.4. The van der Waals surface area contributed by atoms with Gasteiger partial charge in [0.05, 0.1) is 42.3 Å². The summed E-state index contributed by atoms with van der Waals surface area (Å²) >= 11 is 0. The maximum Gasteiger partial charge on any atom is 0.319 e. The van der Waals surface area contributed by atoms with E-state index in [1.54, 1.807) is 24.3 Å². The van der Waals surface area contributed by atoms with Gasteiger partial charge in [0.1, 0.15) is 16.9 Å². The molecule has 3 heterocycles. The van der Waals surface area contributed by atoms with Crippen molar-refractivity contribution in [1.29, 1.82) is 5.26 Å². The molecule has 2 aromatic heterocycles. The topological polar surface area (TPSA) is 164 Å². The van der Waals surface area contributed by atoms with E-state index in [1.807, 2.05) is 20.8 Å². The first kappa shape index (κ1) is 38.3. The molecule has 278 valence electrons. The second-order valence-electron chi connectivity index (χ2n) is 14.2. The lowest BCUT2D eigenvalue weighted by Crippen LogP contribution is -2.47. The summed E-state index contributed by atoms with van der Waals surface area (Å²) in [5, 5.41) is 15.9. The van der Waals surface area contributed by atoms with Crippen molar-refractivity contribution in [1.82, 2.24) is 24.8 Å². The quantitative estimate of drug-likeness (QED) is 0.0949. The number of aromatic nitrogens is 3. The van der Waals surface area contributed by atoms with Gasteiger partial charge >= 0.3 is 12.0 Å². The molecule has 1 aliphatic rings. The number of ether oxygens (including phenoxy) is 2. The van der Waals surface area contributed by atoms with Crippen LogP contribution in [0.15, 0.2) is 42.5 Å². The number of nitrogens with two attached hydrogens (primary N) is 1. The Labute approximate surface area is 306 Å². The van der Waals surface area contributed by atoms with Crippen molar-refractivity contribution in [3.05, 3.63) is 53.9 Å². The van der Waals surface area contributed by atoms with E-state index in [0.29, 0.717) is 36.8 Å². The van der Waals surface area contributed by atoms with Crippen molar-refractivity contribution in [2.75, 3.05) is 68.4 Å².